The van der Waals surface area contributed by atoms with Crippen molar-refractivity contribution < 1.29 is 14.3 Å². The zero-order valence-corrected chi connectivity index (χ0v) is 10.8. The Morgan fingerprint density at radius 3 is 2.78 bits per heavy atom. The maximum absolute atomic E-state index is 12.2. The van der Waals surface area contributed by atoms with E-state index in [0.29, 0.717) is 18.8 Å². The van der Waals surface area contributed by atoms with Crippen molar-refractivity contribution in [2.45, 2.75) is 6.92 Å². The smallest absolute Gasteiger partial charge is 0.325 e. The lowest BCUT2D eigenvalue weighted by atomic mass is 10.3. The number of rotatable bonds is 6. The summed E-state index contributed by atoms with van der Waals surface area (Å²) in [4.78, 5) is 25.0. The van der Waals surface area contributed by atoms with Gasteiger partial charge >= 0.3 is 5.97 Å². The fourth-order valence-electron chi connectivity index (χ4n) is 1.58. The quantitative estimate of drug-likeness (QED) is 0.563. The molecule has 1 amide bonds. The van der Waals surface area contributed by atoms with E-state index < -0.39 is 5.97 Å². The molecule has 0 saturated heterocycles. The fourth-order valence-corrected chi connectivity index (χ4v) is 1.58. The van der Waals surface area contributed by atoms with Crippen molar-refractivity contribution >= 4 is 11.9 Å². The predicted octanol–water partition coefficient (Wildman–Crippen LogP) is 1.22. The number of aryl methyl sites for hydroxylation is 1. The van der Waals surface area contributed by atoms with Crippen LogP contribution in [0.3, 0.4) is 0 Å². The summed E-state index contributed by atoms with van der Waals surface area (Å²) in [6.45, 7) is 5.87. The number of ether oxygens (including phenoxy) is 1. The first-order valence-electron chi connectivity index (χ1n) is 5.77. The fraction of sp³-hybridized carbons (Fsp3) is 0.385. The molecule has 0 saturated carbocycles. The molecule has 1 aromatic rings. The lowest BCUT2D eigenvalue weighted by Crippen LogP contribution is -2.37. The lowest BCUT2D eigenvalue weighted by Gasteiger charge is -2.20. The standard InChI is InChI=1S/C13H18N2O3/c1-4-8-15(10-12(16)18-5-2)13(17)11-7-6-9-14(11)3/h4,6-7,9H,1,5,8,10H2,2-3H3. The van der Waals surface area contributed by atoms with Gasteiger partial charge in [-0.05, 0) is 19.1 Å². The lowest BCUT2D eigenvalue weighted by molar-refractivity contribution is -0.143. The van der Waals surface area contributed by atoms with Crippen molar-refractivity contribution in [1.82, 2.24) is 9.47 Å². The first-order chi connectivity index (χ1) is 8.60. The van der Waals surface area contributed by atoms with Crippen molar-refractivity contribution in [3.63, 3.8) is 0 Å². The van der Waals surface area contributed by atoms with Crippen LogP contribution in [0, 0.1) is 0 Å². The Morgan fingerprint density at radius 2 is 2.28 bits per heavy atom. The van der Waals surface area contributed by atoms with Crippen LogP contribution in [0.5, 0.6) is 0 Å². The highest BCUT2D eigenvalue weighted by molar-refractivity contribution is 5.94. The topological polar surface area (TPSA) is 51.5 Å². The van der Waals surface area contributed by atoms with Gasteiger partial charge < -0.3 is 14.2 Å². The summed E-state index contributed by atoms with van der Waals surface area (Å²) in [6.07, 6.45) is 3.36. The molecular formula is C13H18N2O3. The molecule has 18 heavy (non-hydrogen) atoms. The van der Waals surface area contributed by atoms with E-state index in [2.05, 4.69) is 6.58 Å². The molecule has 98 valence electrons. The van der Waals surface area contributed by atoms with Gasteiger partial charge in [-0.3, -0.25) is 9.59 Å². The summed E-state index contributed by atoms with van der Waals surface area (Å²) in [6, 6.07) is 3.49. The van der Waals surface area contributed by atoms with Crippen LogP contribution in [0.2, 0.25) is 0 Å². The van der Waals surface area contributed by atoms with E-state index >= 15 is 0 Å². The molecule has 0 bridgehead atoms. The van der Waals surface area contributed by atoms with Crippen LogP contribution in [0.4, 0.5) is 0 Å². The zero-order chi connectivity index (χ0) is 13.5. The average molecular weight is 250 g/mol. The van der Waals surface area contributed by atoms with Crippen molar-refractivity contribution in [3.8, 4) is 0 Å². The molecule has 0 fully saturated rings. The third kappa shape index (κ3) is 3.48. The highest BCUT2D eigenvalue weighted by Crippen LogP contribution is 2.05. The number of hydrogen-bond donors (Lipinski definition) is 0. The van der Waals surface area contributed by atoms with Gasteiger partial charge in [-0.1, -0.05) is 6.08 Å². The SMILES string of the molecule is C=CCN(CC(=O)OCC)C(=O)c1cccn1C. The number of esters is 1. The van der Waals surface area contributed by atoms with Gasteiger partial charge in [-0.25, -0.2) is 0 Å². The normalized spacial score (nSPS) is 9.89. The second-order valence-corrected chi connectivity index (χ2v) is 3.78. The Morgan fingerprint density at radius 1 is 1.56 bits per heavy atom. The van der Waals surface area contributed by atoms with Crippen molar-refractivity contribution in [2.75, 3.05) is 19.7 Å². The van der Waals surface area contributed by atoms with Gasteiger partial charge in [-0.15, -0.1) is 6.58 Å². The van der Waals surface area contributed by atoms with E-state index in [1.807, 2.05) is 0 Å². The minimum Gasteiger partial charge on any atom is -0.465 e. The van der Waals surface area contributed by atoms with Crippen LogP contribution in [0.1, 0.15) is 17.4 Å². The molecule has 1 rings (SSSR count). The van der Waals surface area contributed by atoms with E-state index in [4.69, 9.17) is 4.74 Å². The summed E-state index contributed by atoms with van der Waals surface area (Å²) < 4.78 is 6.55. The molecule has 0 aliphatic rings. The van der Waals surface area contributed by atoms with E-state index in [9.17, 15) is 9.59 Å². The minimum atomic E-state index is -0.415. The number of nitrogens with zero attached hydrogens (tertiary/aromatic N) is 2. The van der Waals surface area contributed by atoms with Crippen LogP contribution >= 0.6 is 0 Å². The van der Waals surface area contributed by atoms with E-state index in [-0.39, 0.29) is 12.5 Å². The molecule has 0 N–H and O–H groups in total. The second-order valence-electron chi connectivity index (χ2n) is 3.78. The monoisotopic (exact) mass is 250 g/mol. The van der Waals surface area contributed by atoms with Crippen molar-refractivity contribution in [1.29, 1.82) is 0 Å². The summed E-state index contributed by atoms with van der Waals surface area (Å²) in [5.74, 6) is -0.627. The summed E-state index contributed by atoms with van der Waals surface area (Å²) in [5, 5.41) is 0. The molecule has 1 heterocycles. The molecular weight excluding hydrogens is 232 g/mol. The second kappa shape index (κ2) is 6.64. The van der Waals surface area contributed by atoms with E-state index in [0.717, 1.165) is 0 Å². The van der Waals surface area contributed by atoms with Crippen LogP contribution < -0.4 is 0 Å². The zero-order valence-electron chi connectivity index (χ0n) is 10.8. The number of amides is 1. The molecule has 0 radical (unpaired) electrons. The summed E-state index contributed by atoms with van der Waals surface area (Å²) in [5.41, 5.74) is 0.529. The van der Waals surface area contributed by atoms with E-state index in [1.54, 1.807) is 42.9 Å². The molecule has 1 aromatic heterocycles. The highest BCUT2D eigenvalue weighted by atomic mass is 16.5. The molecule has 0 aliphatic heterocycles. The van der Waals surface area contributed by atoms with Gasteiger partial charge in [0.15, 0.2) is 0 Å². The van der Waals surface area contributed by atoms with Crippen LogP contribution in [-0.2, 0) is 16.6 Å². The molecule has 0 aromatic carbocycles. The highest BCUT2D eigenvalue weighted by Gasteiger charge is 2.19. The molecule has 5 heteroatoms. The van der Waals surface area contributed by atoms with Gasteiger partial charge in [0.1, 0.15) is 12.2 Å². The van der Waals surface area contributed by atoms with Crippen LogP contribution in [0.15, 0.2) is 31.0 Å². The summed E-state index contributed by atoms with van der Waals surface area (Å²) >= 11 is 0. The van der Waals surface area contributed by atoms with Crippen LogP contribution in [0.25, 0.3) is 0 Å². The maximum Gasteiger partial charge on any atom is 0.325 e. The van der Waals surface area contributed by atoms with E-state index in [1.165, 1.54) is 4.90 Å². The molecule has 5 nitrogen and oxygen atoms in total. The third-order valence-electron chi connectivity index (χ3n) is 2.42. The molecule has 0 aliphatic carbocycles. The largest absolute Gasteiger partial charge is 0.465 e. The Hall–Kier alpha value is -2.04. The molecule has 0 spiro atoms. The first-order valence-corrected chi connectivity index (χ1v) is 5.77. The molecule has 0 atom stereocenters. The summed E-state index contributed by atoms with van der Waals surface area (Å²) in [7, 11) is 1.78. The average Bonchev–Trinajstić information content (AvgIpc) is 2.74. The van der Waals surface area contributed by atoms with Gasteiger partial charge in [0.2, 0.25) is 0 Å². The minimum absolute atomic E-state index is 0.0656. The number of aromatic nitrogens is 1. The number of carbonyl (C=O) groups is 2. The third-order valence-corrected chi connectivity index (χ3v) is 2.42. The Bertz CT molecular complexity index is 437. The Labute approximate surface area is 107 Å². The van der Waals surface area contributed by atoms with Gasteiger partial charge in [-0.2, -0.15) is 0 Å². The first kappa shape index (κ1) is 14.0. The maximum atomic E-state index is 12.2. The molecule has 0 unspecified atom stereocenters. The number of carbonyl (C=O) groups excluding carboxylic acids is 2. The van der Waals surface area contributed by atoms with Crippen LogP contribution in [-0.4, -0.2) is 41.0 Å². The Balaban J connectivity index is 2.78. The van der Waals surface area contributed by atoms with Gasteiger partial charge in [0.05, 0.1) is 6.61 Å². The Kier molecular flexibility index (Phi) is 5.17. The van der Waals surface area contributed by atoms with Gasteiger partial charge in [0, 0.05) is 19.8 Å². The van der Waals surface area contributed by atoms with Crippen molar-refractivity contribution in [3.05, 3.63) is 36.7 Å². The predicted molar refractivity (Wildman–Crippen MR) is 68.1 cm³/mol. The van der Waals surface area contributed by atoms with Crippen molar-refractivity contribution in [2.24, 2.45) is 7.05 Å². The van der Waals surface area contributed by atoms with Gasteiger partial charge in [0.25, 0.3) is 5.91 Å². The number of hydrogen-bond acceptors (Lipinski definition) is 3.